The Labute approximate surface area is 68.7 Å². The number of hydrogen-bond donors (Lipinski definition) is 1. The number of halogens is 1. The zero-order valence-electron chi connectivity index (χ0n) is 6.59. The smallest absolute Gasteiger partial charge is 0.0506 e. The molecule has 0 amide bonds. The second kappa shape index (κ2) is 4.94. The van der Waals surface area contributed by atoms with Gasteiger partial charge in [-0.15, -0.1) is 12.4 Å². The van der Waals surface area contributed by atoms with Gasteiger partial charge in [0.2, 0.25) is 0 Å². The van der Waals surface area contributed by atoms with Crippen LogP contribution in [0, 0.1) is 5.92 Å². The third-order valence-corrected chi connectivity index (χ3v) is 2.01. The largest absolute Gasteiger partial charge is 0.381 e. The van der Waals surface area contributed by atoms with E-state index in [1.807, 2.05) is 7.05 Å². The molecule has 1 saturated heterocycles. The van der Waals surface area contributed by atoms with Crippen molar-refractivity contribution >= 4 is 12.4 Å². The van der Waals surface area contributed by atoms with Crippen molar-refractivity contribution in [1.82, 2.24) is 5.32 Å². The monoisotopic (exact) mass is 165 g/mol. The highest BCUT2D eigenvalue weighted by atomic mass is 35.5. The van der Waals surface area contributed by atoms with E-state index in [1.165, 1.54) is 0 Å². The average Bonchev–Trinajstić information content (AvgIpc) is 1.89. The molecule has 0 radical (unpaired) electrons. The first kappa shape index (κ1) is 10.2. The van der Waals surface area contributed by atoms with Gasteiger partial charge in [-0.2, -0.15) is 0 Å². The van der Waals surface area contributed by atoms with E-state index < -0.39 is 0 Å². The normalized spacial score (nSPS) is 33.0. The maximum Gasteiger partial charge on any atom is 0.0506 e. The molecular weight excluding hydrogens is 150 g/mol. The second-order valence-corrected chi connectivity index (χ2v) is 2.74. The van der Waals surface area contributed by atoms with Crippen molar-refractivity contribution in [1.29, 1.82) is 0 Å². The van der Waals surface area contributed by atoms with Crippen LogP contribution in [0.4, 0.5) is 0 Å². The summed E-state index contributed by atoms with van der Waals surface area (Å²) in [5, 5.41) is 3.27. The summed E-state index contributed by atoms with van der Waals surface area (Å²) in [7, 11) is 2.02. The molecule has 2 nitrogen and oxygen atoms in total. The fourth-order valence-electron chi connectivity index (χ4n) is 1.31. The first-order chi connectivity index (χ1) is 4.34. The molecule has 1 aliphatic rings. The molecule has 0 spiro atoms. The third-order valence-electron chi connectivity index (χ3n) is 2.01. The van der Waals surface area contributed by atoms with Gasteiger partial charge in [0.25, 0.3) is 0 Å². The highest BCUT2D eigenvalue weighted by Gasteiger charge is 2.19. The molecule has 0 aromatic carbocycles. The molecule has 0 aromatic rings. The molecule has 0 aromatic heterocycles. The Kier molecular flexibility index (Phi) is 5.04. The van der Waals surface area contributed by atoms with E-state index in [1.54, 1.807) is 0 Å². The van der Waals surface area contributed by atoms with E-state index in [2.05, 4.69) is 12.2 Å². The molecule has 0 saturated carbocycles. The Hall–Kier alpha value is 0.210. The summed E-state index contributed by atoms with van der Waals surface area (Å²) in [4.78, 5) is 0. The highest BCUT2D eigenvalue weighted by molar-refractivity contribution is 5.85. The van der Waals surface area contributed by atoms with Crippen LogP contribution < -0.4 is 5.32 Å². The van der Waals surface area contributed by atoms with Gasteiger partial charge in [-0.25, -0.2) is 0 Å². The molecule has 1 heterocycles. The van der Waals surface area contributed by atoms with E-state index in [0.717, 1.165) is 19.6 Å². The topological polar surface area (TPSA) is 21.3 Å². The molecule has 0 bridgehead atoms. The van der Waals surface area contributed by atoms with Crippen LogP contribution >= 0.6 is 12.4 Å². The van der Waals surface area contributed by atoms with E-state index in [0.29, 0.717) is 12.0 Å². The van der Waals surface area contributed by atoms with Crippen LogP contribution in [-0.4, -0.2) is 26.3 Å². The zero-order valence-corrected chi connectivity index (χ0v) is 7.41. The van der Waals surface area contributed by atoms with E-state index in [4.69, 9.17) is 4.74 Å². The van der Waals surface area contributed by atoms with Gasteiger partial charge >= 0.3 is 0 Å². The molecule has 1 aliphatic heterocycles. The summed E-state index contributed by atoms with van der Waals surface area (Å²) >= 11 is 0. The zero-order chi connectivity index (χ0) is 6.69. The molecule has 10 heavy (non-hydrogen) atoms. The summed E-state index contributed by atoms with van der Waals surface area (Å²) in [6, 6.07) is 0.679. The van der Waals surface area contributed by atoms with Crippen LogP contribution in [0.3, 0.4) is 0 Å². The van der Waals surface area contributed by atoms with Crippen molar-refractivity contribution in [2.75, 3.05) is 20.3 Å². The fourth-order valence-corrected chi connectivity index (χ4v) is 1.31. The summed E-state index contributed by atoms with van der Waals surface area (Å²) in [6.07, 6.45) is 1.16. The second-order valence-electron chi connectivity index (χ2n) is 2.74. The Morgan fingerprint density at radius 1 is 1.50 bits per heavy atom. The van der Waals surface area contributed by atoms with E-state index in [9.17, 15) is 0 Å². The van der Waals surface area contributed by atoms with Crippen LogP contribution in [-0.2, 0) is 4.74 Å². The lowest BCUT2D eigenvalue weighted by Crippen LogP contribution is -2.39. The molecule has 0 unspecified atom stereocenters. The highest BCUT2D eigenvalue weighted by Crippen LogP contribution is 2.12. The minimum absolute atomic E-state index is 0. The van der Waals surface area contributed by atoms with Crippen molar-refractivity contribution in [3.8, 4) is 0 Å². The Morgan fingerprint density at radius 3 is 2.60 bits per heavy atom. The van der Waals surface area contributed by atoms with Gasteiger partial charge in [0.1, 0.15) is 0 Å². The average molecular weight is 166 g/mol. The van der Waals surface area contributed by atoms with Gasteiger partial charge < -0.3 is 10.1 Å². The number of ether oxygens (including phenoxy) is 1. The Balaban J connectivity index is 0.000000810. The molecule has 62 valence electrons. The van der Waals surface area contributed by atoms with Crippen LogP contribution in [0.2, 0.25) is 0 Å². The SMILES string of the molecule is CN[C@@H]1CCOC[C@@H]1C.Cl. The van der Waals surface area contributed by atoms with Crippen molar-refractivity contribution in [2.45, 2.75) is 19.4 Å². The molecule has 3 heteroatoms. The van der Waals surface area contributed by atoms with Crippen LogP contribution in [0.25, 0.3) is 0 Å². The Morgan fingerprint density at radius 2 is 2.20 bits per heavy atom. The summed E-state index contributed by atoms with van der Waals surface area (Å²) < 4.78 is 5.27. The quantitative estimate of drug-likeness (QED) is 0.628. The summed E-state index contributed by atoms with van der Waals surface area (Å²) in [5.74, 6) is 0.684. The van der Waals surface area contributed by atoms with E-state index >= 15 is 0 Å². The van der Waals surface area contributed by atoms with Gasteiger partial charge in [-0.05, 0) is 19.4 Å². The van der Waals surface area contributed by atoms with Crippen molar-refractivity contribution < 1.29 is 4.74 Å². The molecule has 1 N–H and O–H groups in total. The first-order valence-electron chi connectivity index (χ1n) is 3.59. The Bertz CT molecular complexity index is 89.7. The van der Waals surface area contributed by atoms with Crippen LogP contribution in [0.15, 0.2) is 0 Å². The third kappa shape index (κ3) is 2.45. The maximum absolute atomic E-state index is 5.27. The lowest BCUT2D eigenvalue weighted by atomic mass is 9.98. The van der Waals surface area contributed by atoms with Gasteiger partial charge in [-0.3, -0.25) is 0 Å². The number of nitrogens with one attached hydrogen (secondary N) is 1. The standard InChI is InChI=1S/C7H15NO.ClH/c1-6-5-9-4-3-7(6)8-2;/h6-8H,3-5H2,1-2H3;1H/t6-,7+;/m0./s1. The maximum atomic E-state index is 5.27. The first-order valence-corrected chi connectivity index (χ1v) is 3.59. The van der Waals surface area contributed by atoms with Crippen LogP contribution in [0.5, 0.6) is 0 Å². The minimum Gasteiger partial charge on any atom is -0.381 e. The van der Waals surface area contributed by atoms with Crippen molar-refractivity contribution in [2.24, 2.45) is 5.92 Å². The van der Waals surface area contributed by atoms with Crippen molar-refractivity contribution in [3.05, 3.63) is 0 Å². The van der Waals surface area contributed by atoms with Gasteiger partial charge in [0.05, 0.1) is 6.61 Å². The lowest BCUT2D eigenvalue weighted by molar-refractivity contribution is 0.0412. The molecule has 1 rings (SSSR count). The van der Waals surface area contributed by atoms with Crippen molar-refractivity contribution in [3.63, 3.8) is 0 Å². The molecule has 0 aliphatic carbocycles. The fraction of sp³-hybridized carbons (Fsp3) is 1.00. The van der Waals surface area contributed by atoms with Crippen LogP contribution in [0.1, 0.15) is 13.3 Å². The van der Waals surface area contributed by atoms with Gasteiger partial charge in [-0.1, -0.05) is 6.92 Å². The molecule has 2 atom stereocenters. The predicted molar refractivity (Wildman–Crippen MR) is 44.7 cm³/mol. The number of hydrogen-bond acceptors (Lipinski definition) is 2. The summed E-state index contributed by atoms with van der Waals surface area (Å²) in [6.45, 7) is 4.07. The predicted octanol–water partition coefficient (Wildman–Crippen LogP) is 1.05. The molecular formula is C7H16ClNO. The minimum atomic E-state index is 0. The summed E-state index contributed by atoms with van der Waals surface area (Å²) in [5.41, 5.74) is 0. The number of rotatable bonds is 1. The van der Waals surface area contributed by atoms with E-state index in [-0.39, 0.29) is 12.4 Å². The lowest BCUT2D eigenvalue weighted by Gasteiger charge is -2.28. The van der Waals surface area contributed by atoms with Gasteiger partial charge in [0, 0.05) is 12.6 Å². The molecule has 1 fully saturated rings. The van der Waals surface area contributed by atoms with Gasteiger partial charge in [0.15, 0.2) is 0 Å².